The van der Waals surface area contributed by atoms with Crippen molar-refractivity contribution in [1.29, 1.82) is 0 Å². The maximum absolute atomic E-state index is 13.1. The Kier molecular flexibility index (Phi) is 43.1. The number of unbranched alkanes of at least 4 members (excludes halogenated alkanes) is 11. The van der Waals surface area contributed by atoms with Crippen molar-refractivity contribution in [3.05, 3.63) is 235 Å². The van der Waals surface area contributed by atoms with E-state index >= 15 is 0 Å². The fourth-order valence-corrected chi connectivity index (χ4v) is 16.1. The number of benzene rings is 9. The highest BCUT2D eigenvalue weighted by Gasteiger charge is 2.25. The van der Waals surface area contributed by atoms with Gasteiger partial charge in [0.1, 0.15) is 34.5 Å². The molecule has 0 fully saturated rings. The summed E-state index contributed by atoms with van der Waals surface area (Å²) >= 11 is 0. The van der Waals surface area contributed by atoms with Gasteiger partial charge in [-0.1, -0.05) is 320 Å². The molecule has 9 aromatic carbocycles. The molecular formula is C114H141N9O12. The lowest BCUT2D eigenvalue weighted by molar-refractivity contribution is 0.0412. The topological polar surface area (TPSA) is 316 Å². The second-order valence-electron chi connectivity index (χ2n) is 36.8. The molecule has 21 nitrogen and oxygen atoms in total. The van der Waals surface area contributed by atoms with E-state index in [1.165, 1.54) is 122 Å². The number of hydrogen-bond donors (Lipinski definition) is 6. The molecule has 0 spiro atoms. The Balaban J connectivity index is 0.000000210. The molecule has 3 aromatic heterocycles. The molecule has 0 saturated carbocycles. The van der Waals surface area contributed by atoms with Crippen molar-refractivity contribution in [2.45, 2.75) is 249 Å². The van der Waals surface area contributed by atoms with Crippen molar-refractivity contribution >= 4 is 17.9 Å². The number of aromatic nitrogens is 9. The molecule has 12 rings (SSSR count). The maximum Gasteiger partial charge on any atom is 0.338 e. The first-order valence-corrected chi connectivity index (χ1v) is 49.3. The van der Waals surface area contributed by atoms with Crippen molar-refractivity contribution in [1.82, 2.24) is 44.9 Å². The summed E-state index contributed by atoms with van der Waals surface area (Å²) in [5.74, 6) is 5.87. The lowest BCUT2D eigenvalue weighted by Crippen LogP contribution is -2.15. The number of phenols is 6. The van der Waals surface area contributed by atoms with Crippen molar-refractivity contribution in [3.8, 4) is 137 Å². The molecule has 5 atom stereocenters. The molecule has 6 N–H and O–H groups in total. The summed E-state index contributed by atoms with van der Waals surface area (Å²) in [6.07, 6.45) is 33.4. The summed E-state index contributed by atoms with van der Waals surface area (Å²) in [5, 5.41) is 62.9. The van der Waals surface area contributed by atoms with Crippen LogP contribution in [0.4, 0.5) is 0 Å². The Morgan fingerprint density at radius 1 is 0.237 bits per heavy atom. The zero-order valence-corrected chi connectivity index (χ0v) is 80.9. The van der Waals surface area contributed by atoms with Gasteiger partial charge in [-0.2, -0.15) is 0 Å². The molecule has 0 radical (unpaired) electrons. The predicted molar refractivity (Wildman–Crippen MR) is 540 cm³/mol. The van der Waals surface area contributed by atoms with Gasteiger partial charge in [0.2, 0.25) is 0 Å². The molecule has 135 heavy (non-hydrogen) atoms. The molecule has 3 heterocycles. The van der Waals surface area contributed by atoms with E-state index in [-0.39, 0.29) is 87.4 Å². The first-order valence-electron chi connectivity index (χ1n) is 49.3. The third-order valence-electron chi connectivity index (χ3n) is 25.0. The van der Waals surface area contributed by atoms with Crippen LogP contribution in [-0.4, -0.2) is 113 Å². The number of esters is 3. The van der Waals surface area contributed by atoms with E-state index in [2.05, 4.69) is 114 Å². The van der Waals surface area contributed by atoms with Crippen molar-refractivity contribution < 1.29 is 59.2 Å². The van der Waals surface area contributed by atoms with Gasteiger partial charge >= 0.3 is 17.9 Å². The monoisotopic (exact) mass is 1830 g/mol. The number of para-hydroxylation sites is 6. The summed E-state index contributed by atoms with van der Waals surface area (Å²) in [4.78, 5) is 80.7. The summed E-state index contributed by atoms with van der Waals surface area (Å²) in [7, 11) is 0. The number of hydrogen-bond acceptors (Lipinski definition) is 21. The molecule has 0 amide bonds. The van der Waals surface area contributed by atoms with Crippen LogP contribution < -0.4 is 0 Å². The SMILES string of the molecule is CC(C)CCCCC(CCC(C)C)COC(=O)c1ccc(-c2nc(-c3ccccc3O)nc(-c3ccccc3O)n2)cc1.CCC(C)CCCCCC(CCCC(C)CC)COC(=O)c1ccc(-c2nc(-c3ccccc3O)nc(-c3ccccc3O)n2)cc1.CCCCCCCCC(CCCCCC)COC(=O)c1ccc(-c2nc(-c3ccccc3O)nc(-c3ccccc3O)n2)cc1. The molecular weight excluding hydrogens is 1690 g/mol. The van der Waals surface area contributed by atoms with E-state index in [1.54, 1.807) is 218 Å². The average molecular weight is 1830 g/mol. The van der Waals surface area contributed by atoms with Crippen molar-refractivity contribution in [3.63, 3.8) is 0 Å². The van der Waals surface area contributed by atoms with E-state index in [1.807, 2.05) is 0 Å². The molecule has 12 aromatic rings. The lowest BCUT2D eigenvalue weighted by atomic mass is 9.92. The Bertz CT molecular complexity index is 5420. The number of ether oxygens (including phenoxy) is 3. The Hall–Kier alpha value is -12.8. The molecule has 0 aliphatic carbocycles. The van der Waals surface area contributed by atoms with E-state index < -0.39 is 0 Å². The van der Waals surface area contributed by atoms with Crippen LogP contribution in [0.25, 0.3) is 102 Å². The standard InChI is InChI=1S/C40H51N3O4.C38H47N3O4.C36H43N3O4/c1-5-28(3)15-8-7-9-17-30(18-14-16-29(4)6-2)27-47-40(46)32-25-23-31(24-26-32)37-41-38(33-19-10-12-21-35(33)44)43-39(42-37)34-20-11-13-22-36(34)45;1-3-5-7-9-10-12-18-28(17-11-8-6-4-2)27-45-38(44)30-25-23-29(24-26-30)35-39-36(31-19-13-15-21-33(31)42)41-37(40-35)32-20-14-16-22-34(32)43;1-24(2)11-5-6-12-26(18-17-25(3)4)23-43-36(42)28-21-19-27(20-22-28)33-37-34(29-13-7-9-15-31(29)40)39-35(38-33)30-14-8-10-16-32(30)41/h10-13,19-26,28-30,44-45H,5-9,14-18,27H2,1-4H3;13-16,19-26,28,42-43H,3-12,17-18,27H2,1-2H3;7-10,13-16,19-22,24-26,40-41H,5-6,11-12,17-18,23H2,1-4H3. The van der Waals surface area contributed by atoms with Crippen molar-refractivity contribution in [2.75, 3.05) is 19.8 Å². The van der Waals surface area contributed by atoms with Crippen LogP contribution >= 0.6 is 0 Å². The van der Waals surface area contributed by atoms with Crippen LogP contribution in [0.3, 0.4) is 0 Å². The third kappa shape index (κ3) is 33.7. The van der Waals surface area contributed by atoms with Crippen LogP contribution in [0.15, 0.2) is 218 Å². The van der Waals surface area contributed by atoms with Crippen LogP contribution in [-0.2, 0) is 14.2 Å². The molecule has 0 aliphatic heterocycles. The fraction of sp³-hybridized carbons (Fsp3) is 0.421. The Morgan fingerprint density at radius 2 is 0.452 bits per heavy atom. The van der Waals surface area contributed by atoms with Gasteiger partial charge in [-0.25, -0.2) is 59.2 Å². The fourth-order valence-electron chi connectivity index (χ4n) is 16.1. The van der Waals surface area contributed by atoms with Crippen LogP contribution in [0, 0.1) is 41.4 Å². The zero-order chi connectivity index (χ0) is 96.2. The maximum atomic E-state index is 13.1. The third-order valence-corrected chi connectivity index (χ3v) is 25.0. The van der Waals surface area contributed by atoms with Gasteiger partial charge in [0.25, 0.3) is 0 Å². The van der Waals surface area contributed by atoms with Gasteiger partial charge in [-0.3, -0.25) is 0 Å². The minimum Gasteiger partial charge on any atom is -0.507 e. The number of phenolic OH excluding ortho intramolecular Hbond substituents is 6. The summed E-state index contributed by atoms with van der Waals surface area (Å²) in [6.45, 7) is 23.9. The number of carbonyl (C=O) groups excluding carboxylic acids is 3. The van der Waals surface area contributed by atoms with Gasteiger partial charge in [0, 0.05) is 16.7 Å². The second-order valence-corrected chi connectivity index (χ2v) is 36.8. The van der Waals surface area contributed by atoms with Crippen molar-refractivity contribution in [2.24, 2.45) is 41.4 Å². The molecule has 0 saturated heterocycles. The normalized spacial score (nSPS) is 12.4. The highest BCUT2D eigenvalue weighted by Crippen LogP contribution is 2.38. The second kappa shape index (κ2) is 55.8. The first-order chi connectivity index (χ1) is 65.5. The van der Waals surface area contributed by atoms with Gasteiger partial charge in [-0.15, -0.1) is 0 Å². The summed E-state index contributed by atoms with van der Waals surface area (Å²) < 4.78 is 17.5. The Morgan fingerprint density at radius 3 is 0.726 bits per heavy atom. The van der Waals surface area contributed by atoms with Gasteiger partial charge in [0.15, 0.2) is 52.4 Å². The summed E-state index contributed by atoms with van der Waals surface area (Å²) in [5.41, 5.74) is 6.07. The summed E-state index contributed by atoms with van der Waals surface area (Å²) in [6, 6.07) is 61.9. The highest BCUT2D eigenvalue weighted by molar-refractivity contribution is 5.91. The van der Waals surface area contributed by atoms with Crippen LogP contribution in [0.1, 0.15) is 280 Å². The highest BCUT2D eigenvalue weighted by atomic mass is 16.5. The van der Waals surface area contributed by atoms with E-state index in [9.17, 15) is 45.0 Å². The smallest absolute Gasteiger partial charge is 0.338 e. The van der Waals surface area contributed by atoms with Gasteiger partial charge in [0.05, 0.1) is 69.9 Å². The van der Waals surface area contributed by atoms with Crippen LogP contribution in [0.5, 0.6) is 34.5 Å². The minimum absolute atomic E-state index is 0.0348. The first kappa shape index (κ1) is 104. The molecule has 0 bridgehead atoms. The number of nitrogens with zero attached hydrogens (tertiary/aromatic N) is 9. The van der Waals surface area contributed by atoms with Crippen LogP contribution in [0.2, 0.25) is 0 Å². The average Bonchev–Trinajstić information content (AvgIpc) is 0.798. The Labute approximate surface area is 799 Å². The lowest BCUT2D eigenvalue weighted by Gasteiger charge is -2.18. The number of carbonyl (C=O) groups is 3. The molecule has 5 unspecified atom stereocenters. The van der Waals surface area contributed by atoms with E-state index in [4.69, 9.17) is 14.2 Å². The predicted octanol–water partition coefficient (Wildman–Crippen LogP) is 28.8. The minimum atomic E-state index is -0.344. The number of rotatable bonds is 50. The molecule has 21 heteroatoms. The number of aromatic hydroxyl groups is 6. The molecule has 0 aliphatic rings. The van der Waals surface area contributed by atoms with E-state index in [0.717, 1.165) is 69.6 Å². The quantitative estimate of drug-likeness (QED) is 0.0117. The van der Waals surface area contributed by atoms with E-state index in [0.29, 0.717) is 134 Å². The van der Waals surface area contributed by atoms with Gasteiger partial charge in [-0.05, 0) is 189 Å². The largest absolute Gasteiger partial charge is 0.507 e. The van der Waals surface area contributed by atoms with Gasteiger partial charge < -0.3 is 44.8 Å². The zero-order valence-electron chi connectivity index (χ0n) is 80.9. The molecule has 714 valence electrons.